The van der Waals surface area contributed by atoms with Crippen molar-refractivity contribution < 1.29 is 9.21 Å². The molecule has 0 aromatic carbocycles. The van der Waals surface area contributed by atoms with E-state index in [9.17, 15) is 4.79 Å². The van der Waals surface area contributed by atoms with Gasteiger partial charge in [0.05, 0.1) is 18.1 Å². The molecule has 0 saturated carbocycles. The van der Waals surface area contributed by atoms with E-state index in [0.29, 0.717) is 24.5 Å². The van der Waals surface area contributed by atoms with E-state index in [0.717, 1.165) is 11.3 Å². The van der Waals surface area contributed by atoms with Crippen LogP contribution in [0.3, 0.4) is 0 Å². The first kappa shape index (κ1) is 13.2. The topological polar surface area (TPSA) is 77.3 Å². The minimum atomic E-state index is -0.141. The van der Waals surface area contributed by atoms with Gasteiger partial charge >= 0.3 is 0 Å². The zero-order valence-corrected chi connectivity index (χ0v) is 11.4. The highest BCUT2D eigenvalue weighted by Gasteiger charge is 2.20. The van der Waals surface area contributed by atoms with Crippen molar-refractivity contribution in [1.29, 1.82) is 0 Å². The predicted octanol–water partition coefficient (Wildman–Crippen LogP) is 1.66. The molecular weight excluding hydrogens is 244 g/mol. The van der Waals surface area contributed by atoms with Gasteiger partial charge in [0.1, 0.15) is 11.5 Å². The molecule has 0 fully saturated rings. The number of aromatic nitrogens is 2. The van der Waals surface area contributed by atoms with Crippen LogP contribution in [0.15, 0.2) is 22.9 Å². The van der Waals surface area contributed by atoms with Crippen molar-refractivity contribution in [2.24, 2.45) is 0 Å². The number of rotatable bonds is 4. The van der Waals surface area contributed by atoms with Crippen molar-refractivity contribution >= 4 is 11.6 Å². The second-order valence-electron chi connectivity index (χ2n) is 4.43. The molecule has 6 nitrogen and oxygen atoms in total. The van der Waals surface area contributed by atoms with Gasteiger partial charge in [-0.25, -0.2) is 0 Å². The minimum Gasteiger partial charge on any atom is -0.469 e. The monoisotopic (exact) mass is 262 g/mol. The third kappa shape index (κ3) is 2.47. The Labute approximate surface area is 111 Å². The number of hydrogen-bond acceptors (Lipinski definition) is 4. The number of furan rings is 1. The number of nitrogen functional groups attached to an aromatic ring is 1. The molecule has 0 spiro atoms. The molecule has 0 unspecified atom stereocenters. The standard InChI is InChI=1S/C13H18N4O2/c1-4-17-12(11(14)7-15-17)13(18)16(3)8-10-5-6-19-9(10)2/h5-7H,4,8,14H2,1-3H3. The smallest absolute Gasteiger partial charge is 0.274 e. The summed E-state index contributed by atoms with van der Waals surface area (Å²) in [6, 6.07) is 1.86. The van der Waals surface area contributed by atoms with Crippen LogP contribution in [0.4, 0.5) is 5.69 Å². The molecule has 6 heteroatoms. The Kier molecular flexibility index (Phi) is 3.59. The van der Waals surface area contributed by atoms with Gasteiger partial charge in [-0.15, -0.1) is 0 Å². The van der Waals surface area contributed by atoms with Gasteiger partial charge in [0.2, 0.25) is 0 Å². The molecule has 2 rings (SSSR count). The molecule has 1 amide bonds. The van der Waals surface area contributed by atoms with E-state index in [1.165, 1.54) is 6.20 Å². The van der Waals surface area contributed by atoms with Crippen LogP contribution >= 0.6 is 0 Å². The number of carbonyl (C=O) groups is 1. The number of anilines is 1. The minimum absolute atomic E-state index is 0.141. The molecule has 2 N–H and O–H groups in total. The average molecular weight is 262 g/mol. The molecular formula is C13H18N4O2. The number of amides is 1. The molecule has 2 heterocycles. The van der Waals surface area contributed by atoms with Gasteiger partial charge in [-0.05, 0) is 19.9 Å². The number of hydrogen-bond donors (Lipinski definition) is 1. The van der Waals surface area contributed by atoms with Crippen molar-refractivity contribution in [3.05, 3.63) is 35.5 Å². The maximum Gasteiger partial charge on any atom is 0.274 e. The summed E-state index contributed by atoms with van der Waals surface area (Å²) in [5.74, 6) is 0.675. The quantitative estimate of drug-likeness (QED) is 0.909. The lowest BCUT2D eigenvalue weighted by Crippen LogP contribution is -2.29. The van der Waals surface area contributed by atoms with Gasteiger partial charge in [-0.2, -0.15) is 5.10 Å². The molecule has 19 heavy (non-hydrogen) atoms. The normalized spacial score (nSPS) is 10.7. The van der Waals surface area contributed by atoms with Gasteiger partial charge < -0.3 is 15.1 Å². The molecule has 0 aliphatic rings. The van der Waals surface area contributed by atoms with E-state index in [2.05, 4.69) is 5.10 Å². The molecule has 2 aromatic rings. The number of nitrogens with zero attached hydrogens (tertiary/aromatic N) is 3. The van der Waals surface area contributed by atoms with Crippen molar-refractivity contribution in [3.63, 3.8) is 0 Å². The summed E-state index contributed by atoms with van der Waals surface area (Å²) >= 11 is 0. The number of nitrogens with two attached hydrogens (primary N) is 1. The SMILES string of the molecule is CCn1ncc(N)c1C(=O)N(C)Cc1ccoc1C. The largest absolute Gasteiger partial charge is 0.469 e. The highest BCUT2D eigenvalue weighted by atomic mass is 16.3. The van der Waals surface area contributed by atoms with Crippen LogP contribution < -0.4 is 5.73 Å². The van der Waals surface area contributed by atoms with E-state index >= 15 is 0 Å². The van der Waals surface area contributed by atoms with Crippen molar-refractivity contribution in [3.8, 4) is 0 Å². The molecule has 102 valence electrons. The van der Waals surface area contributed by atoms with Crippen LogP contribution in [0.5, 0.6) is 0 Å². The zero-order valence-electron chi connectivity index (χ0n) is 11.4. The van der Waals surface area contributed by atoms with E-state index in [4.69, 9.17) is 10.2 Å². The molecule has 0 aliphatic carbocycles. The zero-order chi connectivity index (χ0) is 14.0. The summed E-state index contributed by atoms with van der Waals surface area (Å²) in [6.07, 6.45) is 3.13. The highest BCUT2D eigenvalue weighted by molar-refractivity contribution is 5.97. The van der Waals surface area contributed by atoms with Crippen LogP contribution in [0.1, 0.15) is 28.7 Å². The van der Waals surface area contributed by atoms with Crippen molar-refractivity contribution in [2.45, 2.75) is 26.9 Å². The van der Waals surface area contributed by atoms with Crippen LogP contribution in [0, 0.1) is 6.92 Å². The molecule has 0 radical (unpaired) electrons. The maximum atomic E-state index is 12.4. The summed E-state index contributed by atoms with van der Waals surface area (Å²) in [6.45, 7) is 4.88. The second kappa shape index (κ2) is 5.17. The lowest BCUT2D eigenvalue weighted by atomic mass is 10.2. The van der Waals surface area contributed by atoms with E-state index < -0.39 is 0 Å². The lowest BCUT2D eigenvalue weighted by Gasteiger charge is -2.17. The van der Waals surface area contributed by atoms with E-state index in [-0.39, 0.29) is 5.91 Å². The van der Waals surface area contributed by atoms with E-state index in [1.54, 1.807) is 22.9 Å². The van der Waals surface area contributed by atoms with Crippen LogP contribution in [0.2, 0.25) is 0 Å². The van der Waals surface area contributed by atoms with Crippen molar-refractivity contribution in [1.82, 2.24) is 14.7 Å². The molecule has 0 saturated heterocycles. The van der Waals surface area contributed by atoms with Crippen LogP contribution in [0.25, 0.3) is 0 Å². The summed E-state index contributed by atoms with van der Waals surface area (Å²) in [5, 5.41) is 4.08. The summed E-state index contributed by atoms with van der Waals surface area (Å²) in [7, 11) is 1.74. The van der Waals surface area contributed by atoms with Gasteiger partial charge in [0.25, 0.3) is 5.91 Å². The third-order valence-electron chi connectivity index (χ3n) is 3.09. The Balaban J connectivity index is 2.19. The Bertz CT molecular complexity index is 585. The van der Waals surface area contributed by atoms with Gasteiger partial charge in [-0.1, -0.05) is 0 Å². The fourth-order valence-electron chi connectivity index (χ4n) is 1.96. The van der Waals surface area contributed by atoms with Crippen molar-refractivity contribution in [2.75, 3.05) is 12.8 Å². The van der Waals surface area contributed by atoms with Gasteiger partial charge in [0.15, 0.2) is 0 Å². The molecule has 2 aromatic heterocycles. The maximum absolute atomic E-state index is 12.4. The Morgan fingerprint density at radius 3 is 2.89 bits per heavy atom. The Morgan fingerprint density at radius 1 is 1.58 bits per heavy atom. The third-order valence-corrected chi connectivity index (χ3v) is 3.09. The summed E-state index contributed by atoms with van der Waals surface area (Å²) in [4.78, 5) is 14.0. The number of aryl methyl sites for hydroxylation is 2. The fraction of sp³-hybridized carbons (Fsp3) is 0.385. The van der Waals surface area contributed by atoms with Crippen LogP contribution in [-0.4, -0.2) is 27.6 Å². The first-order valence-corrected chi connectivity index (χ1v) is 6.14. The van der Waals surface area contributed by atoms with Gasteiger partial charge in [0, 0.05) is 25.7 Å². The van der Waals surface area contributed by atoms with Gasteiger partial charge in [-0.3, -0.25) is 9.48 Å². The van der Waals surface area contributed by atoms with E-state index in [1.807, 2.05) is 19.9 Å². The highest BCUT2D eigenvalue weighted by Crippen LogP contribution is 2.16. The first-order chi connectivity index (χ1) is 9.04. The summed E-state index contributed by atoms with van der Waals surface area (Å²) in [5.41, 5.74) is 7.63. The van der Waals surface area contributed by atoms with Crippen LogP contribution in [-0.2, 0) is 13.1 Å². The molecule has 0 atom stereocenters. The summed E-state index contributed by atoms with van der Waals surface area (Å²) < 4.78 is 6.83. The fourth-order valence-corrected chi connectivity index (χ4v) is 1.96. The lowest BCUT2D eigenvalue weighted by molar-refractivity contribution is 0.0773. The second-order valence-corrected chi connectivity index (χ2v) is 4.43. The molecule has 0 bridgehead atoms. The number of carbonyl (C=O) groups excluding carboxylic acids is 1. The first-order valence-electron chi connectivity index (χ1n) is 6.14. The molecule has 0 aliphatic heterocycles. The Hall–Kier alpha value is -2.24. The average Bonchev–Trinajstić information content (AvgIpc) is 2.95. The predicted molar refractivity (Wildman–Crippen MR) is 71.6 cm³/mol. The Morgan fingerprint density at radius 2 is 2.32 bits per heavy atom.